The molecular formula is C17H33N3O. The lowest BCUT2D eigenvalue weighted by molar-refractivity contribution is -0.133. The zero-order valence-corrected chi connectivity index (χ0v) is 13.7. The van der Waals surface area contributed by atoms with Gasteiger partial charge in [-0.1, -0.05) is 19.8 Å². The highest BCUT2D eigenvalue weighted by Gasteiger charge is 2.26. The van der Waals surface area contributed by atoms with Gasteiger partial charge in [-0.25, -0.2) is 0 Å². The van der Waals surface area contributed by atoms with Gasteiger partial charge in [-0.05, 0) is 51.5 Å². The summed E-state index contributed by atoms with van der Waals surface area (Å²) in [7, 11) is 0. The molecule has 1 heterocycles. The lowest BCUT2D eigenvalue weighted by Crippen LogP contribution is -2.47. The molecule has 0 spiro atoms. The maximum atomic E-state index is 12.6. The highest BCUT2D eigenvalue weighted by molar-refractivity contribution is 5.78. The predicted octanol–water partition coefficient (Wildman–Crippen LogP) is 2.37. The van der Waals surface area contributed by atoms with E-state index >= 15 is 0 Å². The van der Waals surface area contributed by atoms with Crippen LogP contribution in [0.3, 0.4) is 0 Å². The van der Waals surface area contributed by atoms with Gasteiger partial charge in [0.25, 0.3) is 0 Å². The third-order valence-corrected chi connectivity index (χ3v) is 5.07. The van der Waals surface area contributed by atoms with Gasteiger partial charge in [-0.3, -0.25) is 9.69 Å². The second kappa shape index (κ2) is 8.74. The fourth-order valence-corrected chi connectivity index (χ4v) is 3.74. The Kier molecular flexibility index (Phi) is 6.97. The van der Waals surface area contributed by atoms with Crippen LogP contribution in [0.1, 0.15) is 64.7 Å². The Balaban J connectivity index is 1.87. The lowest BCUT2D eigenvalue weighted by Gasteiger charge is -2.36. The van der Waals surface area contributed by atoms with Crippen molar-refractivity contribution in [3.63, 3.8) is 0 Å². The molecule has 2 N–H and O–H groups in total. The molecule has 0 unspecified atom stereocenters. The summed E-state index contributed by atoms with van der Waals surface area (Å²) in [5, 5.41) is 0. The monoisotopic (exact) mass is 295 g/mol. The average Bonchev–Trinajstić information content (AvgIpc) is 2.77. The number of rotatable bonds is 5. The van der Waals surface area contributed by atoms with Gasteiger partial charge in [-0.2, -0.15) is 0 Å². The molecule has 2 aliphatic rings. The van der Waals surface area contributed by atoms with E-state index in [1.165, 1.54) is 25.7 Å². The van der Waals surface area contributed by atoms with E-state index in [0.717, 1.165) is 51.7 Å². The highest BCUT2D eigenvalue weighted by Crippen LogP contribution is 2.22. The normalized spacial score (nSPS) is 27.7. The Bertz CT molecular complexity index is 305. The Labute approximate surface area is 130 Å². The van der Waals surface area contributed by atoms with Crippen LogP contribution in [0.5, 0.6) is 0 Å². The predicted molar refractivity (Wildman–Crippen MR) is 87.1 cm³/mol. The van der Waals surface area contributed by atoms with Crippen LogP contribution in [-0.4, -0.2) is 54.0 Å². The molecule has 1 saturated carbocycles. The van der Waals surface area contributed by atoms with Crippen molar-refractivity contribution in [3.8, 4) is 0 Å². The van der Waals surface area contributed by atoms with E-state index in [4.69, 9.17) is 5.73 Å². The van der Waals surface area contributed by atoms with Crippen molar-refractivity contribution in [2.24, 2.45) is 5.73 Å². The van der Waals surface area contributed by atoms with Crippen molar-refractivity contribution < 1.29 is 4.79 Å². The lowest BCUT2D eigenvalue weighted by atomic mass is 9.90. The minimum Gasteiger partial charge on any atom is -0.342 e. The van der Waals surface area contributed by atoms with E-state index in [9.17, 15) is 4.79 Å². The van der Waals surface area contributed by atoms with E-state index in [1.54, 1.807) is 0 Å². The van der Waals surface area contributed by atoms with Crippen LogP contribution in [0.2, 0.25) is 0 Å². The van der Waals surface area contributed by atoms with Gasteiger partial charge in [0.1, 0.15) is 0 Å². The third kappa shape index (κ3) is 5.26. The molecule has 1 aliphatic carbocycles. The highest BCUT2D eigenvalue weighted by atomic mass is 16.2. The van der Waals surface area contributed by atoms with Gasteiger partial charge < -0.3 is 10.6 Å². The van der Waals surface area contributed by atoms with Crippen molar-refractivity contribution in [1.29, 1.82) is 0 Å². The molecule has 1 saturated heterocycles. The van der Waals surface area contributed by atoms with E-state index in [-0.39, 0.29) is 0 Å². The van der Waals surface area contributed by atoms with E-state index in [0.29, 0.717) is 24.5 Å². The summed E-state index contributed by atoms with van der Waals surface area (Å²) in [5.41, 5.74) is 6.01. The summed E-state index contributed by atoms with van der Waals surface area (Å²) in [4.78, 5) is 17.1. The first-order valence-corrected chi connectivity index (χ1v) is 8.98. The maximum absolute atomic E-state index is 12.6. The fraction of sp³-hybridized carbons (Fsp3) is 0.941. The zero-order valence-electron chi connectivity index (χ0n) is 13.7. The molecule has 0 atom stereocenters. The third-order valence-electron chi connectivity index (χ3n) is 5.07. The number of carbonyl (C=O) groups excluding carboxylic acids is 1. The number of hydrogen-bond acceptors (Lipinski definition) is 3. The van der Waals surface area contributed by atoms with Crippen molar-refractivity contribution in [2.75, 3.05) is 26.2 Å². The first-order chi connectivity index (χ1) is 10.2. The molecule has 2 fully saturated rings. The number of hydrogen-bond donors (Lipinski definition) is 1. The van der Waals surface area contributed by atoms with E-state index < -0.39 is 0 Å². The van der Waals surface area contributed by atoms with Crippen LogP contribution >= 0.6 is 0 Å². The molecule has 0 aromatic heterocycles. The number of nitrogens with two attached hydrogens (primary N) is 1. The minimum atomic E-state index is 0.347. The minimum absolute atomic E-state index is 0.347. The SMILES string of the molecule is CCCN(CC(=O)N1CCCCCC1)C1CCC(N)CC1. The summed E-state index contributed by atoms with van der Waals surface area (Å²) < 4.78 is 0. The van der Waals surface area contributed by atoms with Crippen molar-refractivity contribution in [2.45, 2.75) is 76.8 Å². The molecule has 21 heavy (non-hydrogen) atoms. The molecule has 0 radical (unpaired) electrons. The molecule has 2 rings (SSSR count). The molecule has 0 aromatic carbocycles. The first-order valence-electron chi connectivity index (χ1n) is 8.98. The summed E-state index contributed by atoms with van der Waals surface area (Å²) in [6.07, 6.45) is 10.6. The largest absolute Gasteiger partial charge is 0.342 e. The Morgan fingerprint density at radius 1 is 1.10 bits per heavy atom. The molecule has 0 aromatic rings. The van der Waals surface area contributed by atoms with Crippen LogP contribution in [-0.2, 0) is 4.79 Å². The molecule has 4 nitrogen and oxygen atoms in total. The standard InChI is InChI=1S/C17H33N3O/c1-2-11-20(16-9-7-15(18)8-10-16)14-17(21)19-12-5-3-4-6-13-19/h15-16H,2-14,18H2,1H3. The zero-order chi connectivity index (χ0) is 15.1. The van der Waals surface area contributed by atoms with Gasteiger partial charge in [0.15, 0.2) is 0 Å². The summed E-state index contributed by atoms with van der Waals surface area (Å²) in [6, 6.07) is 0.951. The van der Waals surface area contributed by atoms with Crippen LogP contribution in [0.25, 0.3) is 0 Å². The van der Waals surface area contributed by atoms with Crippen molar-refractivity contribution in [1.82, 2.24) is 9.80 Å². The number of carbonyl (C=O) groups is 1. The van der Waals surface area contributed by atoms with Crippen LogP contribution in [0.15, 0.2) is 0 Å². The molecule has 0 bridgehead atoms. The van der Waals surface area contributed by atoms with Gasteiger partial charge in [0, 0.05) is 25.2 Å². The van der Waals surface area contributed by atoms with Gasteiger partial charge >= 0.3 is 0 Å². The second-order valence-electron chi connectivity index (χ2n) is 6.83. The number of likely N-dealkylation sites (tertiary alicyclic amines) is 1. The van der Waals surface area contributed by atoms with Crippen LogP contribution in [0.4, 0.5) is 0 Å². The Morgan fingerprint density at radius 3 is 2.29 bits per heavy atom. The number of nitrogens with zero attached hydrogens (tertiary/aromatic N) is 2. The van der Waals surface area contributed by atoms with Crippen LogP contribution in [0, 0.1) is 0 Å². The van der Waals surface area contributed by atoms with Crippen molar-refractivity contribution in [3.05, 3.63) is 0 Å². The molecule has 1 amide bonds. The van der Waals surface area contributed by atoms with E-state index in [1.807, 2.05) is 0 Å². The second-order valence-corrected chi connectivity index (χ2v) is 6.83. The Hall–Kier alpha value is -0.610. The topological polar surface area (TPSA) is 49.6 Å². The quantitative estimate of drug-likeness (QED) is 0.847. The molecule has 1 aliphatic heterocycles. The van der Waals surface area contributed by atoms with Crippen LogP contribution < -0.4 is 5.73 Å². The van der Waals surface area contributed by atoms with Gasteiger partial charge in [0.2, 0.25) is 5.91 Å². The van der Waals surface area contributed by atoms with Gasteiger partial charge in [0.05, 0.1) is 6.54 Å². The van der Waals surface area contributed by atoms with Gasteiger partial charge in [-0.15, -0.1) is 0 Å². The first kappa shape index (κ1) is 16.8. The molecule has 4 heteroatoms. The molecule has 122 valence electrons. The summed E-state index contributed by atoms with van der Waals surface area (Å²) in [6.45, 7) is 5.80. The number of amides is 1. The average molecular weight is 295 g/mol. The fourth-order valence-electron chi connectivity index (χ4n) is 3.74. The summed E-state index contributed by atoms with van der Waals surface area (Å²) >= 11 is 0. The summed E-state index contributed by atoms with van der Waals surface area (Å²) in [5.74, 6) is 0.347. The van der Waals surface area contributed by atoms with Crippen molar-refractivity contribution >= 4 is 5.91 Å². The Morgan fingerprint density at radius 2 is 1.71 bits per heavy atom. The maximum Gasteiger partial charge on any atom is 0.236 e. The van der Waals surface area contributed by atoms with E-state index in [2.05, 4.69) is 16.7 Å². The smallest absolute Gasteiger partial charge is 0.236 e. The molecular weight excluding hydrogens is 262 g/mol.